The maximum Gasteiger partial charge on any atom is 0.417 e. The van der Waals surface area contributed by atoms with Crippen LogP contribution in [0.1, 0.15) is 36.5 Å². The monoisotopic (exact) mass is 628 g/mol. The molecule has 2 N–H and O–H groups in total. The Morgan fingerprint density at radius 1 is 1.14 bits per heavy atom. The average molecular weight is 629 g/mol. The molecule has 0 aliphatic carbocycles. The van der Waals surface area contributed by atoms with E-state index in [9.17, 15) is 27.6 Å². The van der Waals surface area contributed by atoms with Crippen LogP contribution in [-0.2, 0) is 17.5 Å². The maximum absolute atomic E-state index is 17.0. The summed E-state index contributed by atoms with van der Waals surface area (Å²) >= 11 is 6.55. The van der Waals surface area contributed by atoms with E-state index in [1.165, 1.54) is 11.0 Å². The molecule has 0 atom stereocenters. The van der Waals surface area contributed by atoms with Gasteiger partial charge in [-0.1, -0.05) is 50.2 Å². The number of benzene rings is 3. The van der Waals surface area contributed by atoms with Crippen LogP contribution in [0.15, 0.2) is 64.7 Å². The van der Waals surface area contributed by atoms with Gasteiger partial charge in [0.25, 0.3) is 0 Å². The highest BCUT2D eigenvalue weighted by Gasteiger charge is 2.36. The van der Waals surface area contributed by atoms with Crippen LogP contribution in [0, 0.1) is 18.7 Å². The van der Waals surface area contributed by atoms with Crippen molar-refractivity contribution in [3.63, 3.8) is 0 Å². The van der Waals surface area contributed by atoms with Crippen molar-refractivity contribution in [3.05, 3.63) is 103 Å². The molecule has 7 nitrogen and oxygen atoms in total. The molecule has 2 heterocycles. The summed E-state index contributed by atoms with van der Waals surface area (Å²) in [5, 5.41) is -0.407. The Morgan fingerprint density at radius 2 is 1.82 bits per heavy atom. The van der Waals surface area contributed by atoms with Gasteiger partial charge in [-0.2, -0.15) is 13.2 Å². The molecule has 0 spiro atoms. The SMILES string of the molecule is C=CC(=O)N1CC(Cn2c(=O)c(=O)n(-c3c(C)cccc3C(C)C)c3c(F)c(-c4cc(N)ccc4C(F)(F)F)c(Cl)cc32)C1. The number of likely N-dealkylation sites (tertiary alicyclic amines) is 1. The summed E-state index contributed by atoms with van der Waals surface area (Å²) in [5.41, 5.74) is 2.28. The fraction of sp³-hybridized carbons (Fsp3) is 0.281. The van der Waals surface area contributed by atoms with Crippen LogP contribution in [0.25, 0.3) is 27.8 Å². The highest BCUT2D eigenvalue weighted by molar-refractivity contribution is 6.34. The van der Waals surface area contributed by atoms with Crippen LogP contribution in [0.3, 0.4) is 0 Å². The molecule has 230 valence electrons. The van der Waals surface area contributed by atoms with Gasteiger partial charge in [-0.05, 0) is 54.3 Å². The first-order valence-corrected chi connectivity index (χ1v) is 14.2. The number of alkyl halides is 3. The first-order chi connectivity index (χ1) is 20.6. The second kappa shape index (κ2) is 11.3. The molecule has 4 aromatic rings. The van der Waals surface area contributed by atoms with Crippen LogP contribution in [0.5, 0.6) is 0 Å². The largest absolute Gasteiger partial charge is 0.417 e. The number of rotatable bonds is 6. The topological polar surface area (TPSA) is 90.3 Å². The zero-order valence-corrected chi connectivity index (χ0v) is 24.9. The summed E-state index contributed by atoms with van der Waals surface area (Å²) in [6.07, 6.45) is -3.72. The van der Waals surface area contributed by atoms with Crippen LogP contribution >= 0.6 is 11.6 Å². The van der Waals surface area contributed by atoms with Gasteiger partial charge in [0.2, 0.25) is 5.91 Å². The first kappa shape index (κ1) is 31.1. The zero-order valence-electron chi connectivity index (χ0n) is 24.1. The summed E-state index contributed by atoms with van der Waals surface area (Å²) in [4.78, 5) is 41.1. The molecular formula is C32H29ClF4N4O3. The van der Waals surface area contributed by atoms with Crippen molar-refractivity contribution in [2.75, 3.05) is 18.8 Å². The fourth-order valence-electron chi connectivity index (χ4n) is 5.80. The van der Waals surface area contributed by atoms with E-state index in [0.29, 0.717) is 11.1 Å². The van der Waals surface area contributed by atoms with Crippen LogP contribution in [-0.4, -0.2) is 33.0 Å². The smallest absolute Gasteiger partial charge is 0.399 e. The molecule has 1 aliphatic heterocycles. The quantitative estimate of drug-likeness (QED) is 0.118. The minimum atomic E-state index is -4.88. The number of hydrogen-bond acceptors (Lipinski definition) is 4. The van der Waals surface area contributed by atoms with E-state index in [0.717, 1.165) is 33.4 Å². The number of hydrogen-bond donors (Lipinski definition) is 1. The number of carbonyl (C=O) groups is 1. The number of nitrogens with zero attached hydrogens (tertiary/aromatic N) is 3. The van der Waals surface area contributed by atoms with Gasteiger partial charge in [-0.25, -0.2) is 4.39 Å². The molecule has 1 aliphatic rings. The Hall–Kier alpha value is -4.38. The van der Waals surface area contributed by atoms with Crippen molar-refractivity contribution in [1.82, 2.24) is 14.0 Å². The number of fused-ring (bicyclic) bond motifs is 1. The lowest BCUT2D eigenvalue weighted by Gasteiger charge is -2.39. The molecule has 0 radical (unpaired) electrons. The molecule has 1 fully saturated rings. The van der Waals surface area contributed by atoms with E-state index in [1.807, 2.05) is 13.8 Å². The van der Waals surface area contributed by atoms with Crippen LogP contribution in [0.2, 0.25) is 5.02 Å². The molecule has 5 rings (SSSR count). The van der Waals surface area contributed by atoms with Gasteiger partial charge in [0.1, 0.15) is 5.52 Å². The third-order valence-corrected chi connectivity index (χ3v) is 8.23. The van der Waals surface area contributed by atoms with Gasteiger partial charge >= 0.3 is 17.3 Å². The second-order valence-corrected chi connectivity index (χ2v) is 11.7. The maximum atomic E-state index is 17.0. The molecule has 0 bridgehead atoms. The molecule has 44 heavy (non-hydrogen) atoms. The van der Waals surface area contributed by atoms with Crippen molar-refractivity contribution < 1.29 is 22.4 Å². The molecule has 12 heteroatoms. The van der Waals surface area contributed by atoms with E-state index in [2.05, 4.69) is 6.58 Å². The number of aromatic nitrogens is 2. The third-order valence-electron chi connectivity index (χ3n) is 7.94. The van der Waals surface area contributed by atoms with Crippen molar-refractivity contribution in [1.29, 1.82) is 0 Å². The van der Waals surface area contributed by atoms with Gasteiger partial charge in [0.15, 0.2) is 5.82 Å². The Bertz CT molecular complexity index is 1960. The van der Waals surface area contributed by atoms with Gasteiger partial charge in [0, 0.05) is 42.4 Å². The summed E-state index contributed by atoms with van der Waals surface area (Å²) in [5.74, 6) is -1.94. The van der Waals surface area contributed by atoms with E-state index in [4.69, 9.17) is 17.3 Å². The molecule has 1 saturated heterocycles. The van der Waals surface area contributed by atoms with Gasteiger partial charge in [-0.15, -0.1) is 0 Å². The molecule has 0 unspecified atom stereocenters. The molecule has 1 amide bonds. The standard InChI is InChI=1S/C32H29ClF4N4O3/c1-5-25(42)39-13-18(14-39)15-40-24-12-23(33)26(21-11-19(38)9-10-22(21)32(35,36)37)27(34)29(24)41(31(44)30(40)43)28-17(4)7-6-8-20(28)16(2)3/h5-12,16,18H,1,13-15,38H2,2-4H3. The van der Waals surface area contributed by atoms with Crippen LogP contribution < -0.4 is 16.9 Å². The van der Waals surface area contributed by atoms with Crippen molar-refractivity contribution in [2.45, 2.75) is 39.4 Å². The van der Waals surface area contributed by atoms with E-state index in [1.54, 1.807) is 25.1 Å². The number of para-hydroxylation sites is 1. The summed E-state index contributed by atoms with van der Waals surface area (Å²) in [6.45, 7) is 9.35. The Morgan fingerprint density at radius 3 is 2.43 bits per heavy atom. The molecule has 1 aromatic heterocycles. The third kappa shape index (κ3) is 5.19. The lowest BCUT2D eigenvalue weighted by molar-refractivity contribution is -0.137. The minimum absolute atomic E-state index is 0.0572. The zero-order chi connectivity index (χ0) is 32.2. The van der Waals surface area contributed by atoms with E-state index in [-0.39, 0.29) is 54.3 Å². The highest BCUT2D eigenvalue weighted by atomic mass is 35.5. The second-order valence-electron chi connectivity index (χ2n) is 11.3. The van der Waals surface area contributed by atoms with Gasteiger partial charge in [0.05, 0.1) is 21.8 Å². The first-order valence-electron chi connectivity index (χ1n) is 13.8. The van der Waals surface area contributed by atoms with Gasteiger partial charge < -0.3 is 15.2 Å². The number of halogens is 5. The number of aryl methyl sites for hydroxylation is 1. The molecule has 3 aromatic carbocycles. The number of amides is 1. The summed E-state index contributed by atoms with van der Waals surface area (Å²) in [6, 6.07) is 9.16. The predicted octanol–water partition coefficient (Wildman–Crippen LogP) is 6.29. The fourth-order valence-corrected chi connectivity index (χ4v) is 6.09. The average Bonchev–Trinajstić information content (AvgIpc) is 2.92. The lowest BCUT2D eigenvalue weighted by Crippen LogP contribution is -2.52. The van der Waals surface area contributed by atoms with Crippen molar-refractivity contribution in [3.8, 4) is 16.8 Å². The number of nitrogen functional groups attached to an aromatic ring is 1. The normalized spacial score (nSPS) is 13.9. The highest BCUT2D eigenvalue weighted by Crippen LogP contribution is 2.44. The molecular weight excluding hydrogens is 600 g/mol. The lowest BCUT2D eigenvalue weighted by atomic mass is 9.95. The van der Waals surface area contributed by atoms with Crippen LogP contribution in [0.4, 0.5) is 23.2 Å². The van der Waals surface area contributed by atoms with E-state index >= 15 is 4.39 Å². The van der Waals surface area contributed by atoms with Crippen molar-refractivity contribution >= 4 is 34.2 Å². The predicted molar refractivity (Wildman–Crippen MR) is 163 cm³/mol. The Kier molecular flexibility index (Phi) is 7.96. The number of nitrogens with two attached hydrogens (primary N) is 1. The van der Waals surface area contributed by atoms with Gasteiger partial charge in [-0.3, -0.25) is 19.0 Å². The number of carbonyl (C=O) groups excluding carboxylic acids is 1. The minimum Gasteiger partial charge on any atom is -0.399 e. The Labute approximate surface area is 254 Å². The number of anilines is 1. The molecule has 0 saturated carbocycles. The van der Waals surface area contributed by atoms with E-state index < -0.39 is 50.3 Å². The summed E-state index contributed by atoms with van der Waals surface area (Å²) < 4.78 is 61.4. The summed E-state index contributed by atoms with van der Waals surface area (Å²) in [7, 11) is 0. The van der Waals surface area contributed by atoms with Crippen molar-refractivity contribution in [2.24, 2.45) is 5.92 Å². The Balaban J connectivity index is 1.90.